The van der Waals surface area contributed by atoms with Gasteiger partial charge in [-0.15, -0.1) is 0 Å². The molecule has 2 unspecified atom stereocenters. The van der Waals surface area contributed by atoms with Crippen molar-refractivity contribution >= 4 is 46.8 Å². The molecule has 10 heteroatoms. The summed E-state index contributed by atoms with van der Waals surface area (Å²) in [6.45, 7) is 1.69. The van der Waals surface area contributed by atoms with Gasteiger partial charge in [0.05, 0.1) is 22.2 Å². The second kappa shape index (κ2) is 9.75. The number of likely N-dealkylation sites (tertiary alicyclic amines) is 1. The monoisotopic (exact) mass is 428 g/mol. The number of carbonyl (C=O) groups excluding carboxylic acids is 4. The molecule has 1 aromatic rings. The normalized spacial score (nSPS) is 17.0. The maximum atomic E-state index is 12.3. The first-order valence-corrected chi connectivity index (χ1v) is 9.55. The highest BCUT2D eigenvalue weighted by Crippen LogP contribution is 2.25. The molecule has 3 N–H and O–H groups in total. The summed E-state index contributed by atoms with van der Waals surface area (Å²) in [6, 6.07) is 3.20. The van der Waals surface area contributed by atoms with Crippen LogP contribution in [-0.4, -0.2) is 60.7 Å². The Morgan fingerprint density at radius 1 is 1.25 bits per heavy atom. The summed E-state index contributed by atoms with van der Waals surface area (Å²) in [5.41, 5.74) is 0.148. The number of carbonyl (C=O) groups is 4. The molecule has 2 rings (SSSR count). The van der Waals surface area contributed by atoms with Gasteiger partial charge in [0.1, 0.15) is 12.1 Å². The summed E-state index contributed by atoms with van der Waals surface area (Å²) in [5, 5.41) is 7.85. The maximum Gasteiger partial charge on any atom is 0.253 e. The Morgan fingerprint density at radius 3 is 2.64 bits per heavy atom. The quantitative estimate of drug-likeness (QED) is 0.626. The van der Waals surface area contributed by atoms with Crippen molar-refractivity contribution in [2.45, 2.75) is 31.8 Å². The molecule has 1 fully saturated rings. The zero-order valence-electron chi connectivity index (χ0n) is 15.6. The fourth-order valence-corrected chi connectivity index (χ4v) is 3.33. The van der Waals surface area contributed by atoms with E-state index in [1.54, 1.807) is 12.1 Å². The van der Waals surface area contributed by atoms with E-state index in [1.807, 2.05) is 0 Å². The Balaban J connectivity index is 1.88. The van der Waals surface area contributed by atoms with Crippen LogP contribution in [0.25, 0.3) is 0 Å². The summed E-state index contributed by atoms with van der Waals surface area (Å²) in [5.74, 6) is -1.66. The minimum absolute atomic E-state index is 0.0960. The number of hydrogen-bond donors (Lipinski definition) is 3. The van der Waals surface area contributed by atoms with Crippen LogP contribution in [0.5, 0.6) is 0 Å². The molecule has 0 radical (unpaired) electrons. The Labute approximate surface area is 172 Å². The zero-order valence-corrected chi connectivity index (χ0v) is 17.1. The zero-order chi connectivity index (χ0) is 20.8. The lowest BCUT2D eigenvalue weighted by atomic mass is 10.2. The molecule has 1 aliphatic rings. The molecule has 4 amide bonds. The van der Waals surface area contributed by atoms with Gasteiger partial charge in [-0.3, -0.25) is 19.2 Å². The molecular formula is C18H22Cl2N4O4. The Kier molecular flexibility index (Phi) is 7.65. The van der Waals surface area contributed by atoms with E-state index >= 15 is 0 Å². The number of hydrogen-bond acceptors (Lipinski definition) is 4. The minimum atomic E-state index is -0.899. The summed E-state index contributed by atoms with van der Waals surface area (Å²) >= 11 is 11.9. The topological polar surface area (TPSA) is 108 Å². The Bertz CT molecular complexity index is 787. The number of benzene rings is 1. The second-order valence-corrected chi connectivity index (χ2v) is 7.16. The third-order valence-electron chi connectivity index (χ3n) is 4.47. The van der Waals surface area contributed by atoms with Gasteiger partial charge >= 0.3 is 0 Å². The van der Waals surface area contributed by atoms with E-state index in [0.29, 0.717) is 13.0 Å². The maximum absolute atomic E-state index is 12.3. The lowest BCUT2D eigenvalue weighted by Crippen LogP contribution is -2.51. The molecule has 1 heterocycles. The number of rotatable bonds is 6. The molecule has 1 aliphatic heterocycles. The van der Waals surface area contributed by atoms with E-state index in [-0.39, 0.29) is 34.0 Å². The van der Waals surface area contributed by atoms with Gasteiger partial charge in [0.25, 0.3) is 5.91 Å². The molecule has 0 aromatic heterocycles. The molecule has 0 saturated carbocycles. The molecule has 1 saturated heterocycles. The van der Waals surface area contributed by atoms with Crippen molar-refractivity contribution in [2.24, 2.45) is 0 Å². The van der Waals surface area contributed by atoms with Crippen molar-refractivity contribution < 1.29 is 19.2 Å². The van der Waals surface area contributed by atoms with Crippen LogP contribution in [0.15, 0.2) is 18.2 Å². The van der Waals surface area contributed by atoms with Crippen molar-refractivity contribution in [3.63, 3.8) is 0 Å². The Hall–Kier alpha value is -2.32. The van der Waals surface area contributed by atoms with Crippen molar-refractivity contribution in [1.82, 2.24) is 20.9 Å². The standard InChI is InChI=1S/C18H22Cl2N4O4/c1-10(23-17(27)11-5-3-6-12(19)15(11)20)16(26)22-9-14(25)24-8-4-7-13(24)18(28)21-2/h3,5-6,10,13H,4,7-9H2,1-2H3,(H,21,28)(H,22,26)(H,23,27). The van der Waals surface area contributed by atoms with Gasteiger partial charge in [0, 0.05) is 13.6 Å². The van der Waals surface area contributed by atoms with Crippen molar-refractivity contribution in [2.75, 3.05) is 20.1 Å². The molecule has 0 aliphatic carbocycles. The molecule has 8 nitrogen and oxygen atoms in total. The van der Waals surface area contributed by atoms with Crippen molar-refractivity contribution in [3.8, 4) is 0 Å². The van der Waals surface area contributed by atoms with Gasteiger partial charge in [-0.25, -0.2) is 0 Å². The summed E-state index contributed by atoms with van der Waals surface area (Å²) in [6.07, 6.45) is 1.32. The van der Waals surface area contributed by atoms with E-state index in [9.17, 15) is 19.2 Å². The fraction of sp³-hybridized carbons (Fsp3) is 0.444. The number of amides is 4. The van der Waals surface area contributed by atoms with Crippen LogP contribution in [0, 0.1) is 0 Å². The van der Waals surface area contributed by atoms with Crippen molar-refractivity contribution in [1.29, 1.82) is 0 Å². The Morgan fingerprint density at radius 2 is 1.96 bits per heavy atom. The molecule has 0 bridgehead atoms. The van der Waals surface area contributed by atoms with Gasteiger partial charge < -0.3 is 20.9 Å². The smallest absolute Gasteiger partial charge is 0.253 e. The van der Waals surface area contributed by atoms with Crippen molar-refractivity contribution in [3.05, 3.63) is 33.8 Å². The third kappa shape index (κ3) is 5.14. The van der Waals surface area contributed by atoms with Crippen LogP contribution >= 0.6 is 23.2 Å². The summed E-state index contributed by atoms with van der Waals surface area (Å²) in [4.78, 5) is 50.1. The number of halogens is 2. The van der Waals surface area contributed by atoms with Crippen LogP contribution in [0.3, 0.4) is 0 Å². The van der Waals surface area contributed by atoms with E-state index in [0.717, 1.165) is 6.42 Å². The van der Waals surface area contributed by atoms with Gasteiger partial charge in [0.15, 0.2) is 0 Å². The van der Waals surface area contributed by atoms with Crippen LogP contribution in [0.2, 0.25) is 10.0 Å². The number of likely N-dealkylation sites (N-methyl/N-ethyl adjacent to an activating group) is 1. The molecular weight excluding hydrogens is 407 g/mol. The average molecular weight is 429 g/mol. The lowest BCUT2D eigenvalue weighted by Gasteiger charge is -2.24. The molecule has 1 aromatic carbocycles. The molecule has 152 valence electrons. The van der Waals surface area contributed by atoms with Gasteiger partial charge in [-0.1, -0.05) is 29.3 Å². The van der Waals surface area contributed by atoms with Crippen LogP contribution in [0.1, 0.15) is 30.1 Å². The second-order valence-electron chi connectivity index (χ2n) is 6.37. The first-order chi connectivity index (χ1) is 13.3. The van der Waals surface area contributed by atoms with Gasteiger partial charge in [-0.05, 0) is 31.9 Å². The predicted molar refractivity (Wildman–Crippen MR) is 105 cm³/mol. The summed E-state index contributed by atoms with van der Waals surface area (Å²) < 4.78 is 0. The van der Waals surface area contributed by atoms with Gasteiger partial charge in [-0.2, -0.15) is 0 Å². The van der Waals surface area contributed by atoms with Crippen LogP contribution < -0.4 is 16.0 Å². The largest absolute Gasteiger partial charge is 0.357 e. The number of nitrogens with one attached hydrogen (secondary N) is 3. The number of nitrogens with zero attached hydrogens (tertiary/aromatic N) is 1. The van der Waals surface area contributed by atoms with E-state index < -0.39 is 23.9 Å². The minimum Gasteiger partial charge on any atom is -0.357 e. The van der Waals surface area contributed by atoms with Crippen LogP contribution in [-0.2, 0) is 14.4 Å². The highest BCUT2D eigenvalue weighted by molar-refractivity contribution is 6.43. The first kappa shape index (κ1) is 22.0. The predicted octanol–water partition coefficient (Wildman–Crippen LogP) is 0.965. The van der Waals surface area contributed by atoms with Gasteiger partial charge in [0.2, 0.25) is 17.7 Å². The molecule has 2 atom stereocenters. The average Bonchev–Trinajstić information content (AvgIpc) is 3.17. The summed E-state index contributed by atoms with van der Waals surface area (Å²) in [7, 11) is 1.52. The van der Waals surface area contributed by atoms with E-state index in [2.05, 4.69) is 16.0 Å². The SMILES string of the molecule is CNC(=O)C1CCCN1C(=O)CNC(=O)C(C)NC(=O)c1cccc(Cl)c1Cl. The highest BCUT2D eigenvalue weighted by atomic mass is 35.5. The third-order valence-corrected chi connectivity index (χ3v) is 5.29. The lowest BCUT2D eigenvalue weighted by molar-refractivity contribution is -0.138. The highest BCUT2D eigenvalue weighted by Gasteiger charge is 2.33. The fourth-order valence-electron chi connectivity index (χ4n) is 2.94. The van der Waals surface area contributed by atoms with E-state index in [1.165, 1.54) is 24.9 Å². The van der Waals surface area contributed by atoms with Crippen LogP contribution in [0.4, 0.5) is 0 Å². The molecule has 28 heavy (non-hydrogen) atoms. The van der Waals surface area contributed by atoms with E-state index in [4.69, 9.17) is 23.2 Å². The first-order valence-electron chi connectivity index (χ1n) is 8.80. The molecule has 0 spiro atoms.